The van der Waals surface area contributed by atoms with E-state index in [9.17, 15) is 4.79 Å². The lowest BCUT2D eigenvalue weighted by atomic mass is 10.1. The van der Waals surface area contributed by atoms with E-state index in [1.54, 1.807) is 11.6 Å². The lowest BCUT2D eigenvalue weighted by Gasteiger charge is -2.23. The van der Waals surface area contributed by atoms with Gasteiger partial charge in [-0.2, -0.15) is 0 Å². The number of anilines is 1. The van der Waals surface area contributed by atoms with Gasteiger partial charge in [-0.3, -0.25) is 4.79 Å². The van der Waals surface area contributed by atoms with Crippen molar-refractivity contribution in [3.05, 3.63) is 57.2 Å². The van der Waals surface area contributed by atoms with Crippen molar-refractivity contribution in [3.8, 4) is 0 Å². The first-order valence-corrected chi connectivity index (χ1v) is 11.7. The van der Waals surface area contributed by atoms with Crippen molar-refractivity contribution in [2.45, 2.75) is 32.4 Å². The fourth-order valence-corrected chi connectivity index (χ4v) is 5.18. The van der Waals surface area contributed by atoms with Crippen molar-refractivity contribution in [1.82, 2.24) is 24.4 Å². The second-order valence-corrected chi connectivity index (χ2v) is 9.11. The zero-order chi connectivity index (χ0) is 21.4. The highest BCUT2D eigenvalue weighted by Gasteiger charge is 2.19. The van der Waals surface area contributed by atoms with Gasteiger partial charge in [-0.15, -0.1) is 11.3 Å². The van der Waals surface area contributed by atoms with Gasteiger partial charge in [-0.1, -0.05) is 23.7 Å². The number of aromatic nitrogens is 4. The Bertz CT molecular complexity index is 1300. The van der Waals surface area contributed by atoms with Crippen molar-refractivity contribution >= 4 is 49.9 Å². The van der Waals surface area contributed by atoms with Crippen molar-refractivity contribution in [3.63, 3.8) is 0 Å². The van der Waals surface area contributed by atoms with Gasteiger partial charge in [0.15, 0.2) is 5.82 Å². The number of fused-ring (bicyclic) bond motifs is 2. The predicted molar refractivity (Wildman–Crippen MR) is 126 cm³/mol. The minimum absolute atomic E-state index is 0.0487. The summed E-state index contributed by atoms with van der Waals surface area (Å²) >= 11 is 7.89. The number of halogens is 1. The van der Waals surface area contributed by atoms with Gasteiger partial charge in [0.2, 0.25) is 0 Å². The van der Waals surface area contributed by atoms with E-state index in [0.717, 1.165) is 41.1 Å². The molecule has 9 heteroatoms. The molecule has 1 atom stereocenters. The Morgan fingerprint density at radius 3 is 2.87 bits per heavy atom. The van der Waals surface area contributed by atoms with Crippen molar-refractivity contribution in [2.75, 3.05) is 25.0 Å². The van der Waals surface area contributed by atoms with Crippen LogP contribution in [-0.2, 0) is 6.54 Å². The molecule has 1 aliphatic heterocycles. The molecule has 1 aliphatic rings. The molecule has 1 unspecified atom stereocenters. The van der Waals surface area contributed by atoms with E-state index >= 15 is 0 Å². The summed E-state index contributed by atoms with van der Waals surface area (Å²) < 4.78 is 1.86. The molecule has 7 nitrogen and oxygen atoms in total. The molecule has 0 spiro atoms. The van der Waals surface area contributed by atoms with E-state index in [0.29, 0.717) is 22.8 Å². The van der Waals surface area contributed by atoms with Crippen LogP contribution in [0.15, 0.2) is 40.9 Å². The lowest BCUT2D eigenvalue weighted by Crippen LogP contribution is -2.32. The fraction of sp³-hybridized carbons (Fsp3) is 0.364. The Balaban J connectivity index is 1.55. The summed E-state index contributed by atoms with van der Waals surface area (Å²) in [6.07, 6.45) is 3.98. The van der Waals surface area contributed by atoms with Crippen LogP contribution in [0.4, 0.5) is 5.82 Å². The van der Waals surface area contributed by atoms with Crippen LogP contribution in [0.25, 0.3) is 21.1 Å². The normalized spacial score (nSPS) is 15.7. The minimum atomic E-state index is -0.158. The molecule has 1 saturated heterocycles. The third-order valence-corrected chi connectivity index (χ3v) is 6.94. The Kier molecular flexibility index (Phi) is 5.60. The van der Waals surface area contributed by atoms with Crippen molar-refractivity contribution in [2.24, 2.45) is 0 Å². The quantitative estimate of drug-likeness (QED) is 0.467. The van der Waals surface area contributed by atoms with E-state index in [4.69, 9.17) is 11.6 Å². The topological polar surface area (TPSA) is 75.9 Å². The molecule has 0 radical (unpaired) electrons. The number of pyridine rings is 1. The molecule has 0 aliphatic carbocycles. The van der Waals surface area contributed by atoms with Gasteiger partial charge in [0.1, 0.15) is 16.7 Å². The molecule has 5 rings (SSSR count). The van der Waals surface area contributed by atoms with Crippen LogP contribution in [0.5, 0.6) is 0 Å². The summed E-state index contributed by atoms with van der Waals surface area (Å²) in [6, 6.07) is 7.49. The van der Waals surface area contributed by atoms with Crippen LogP contribution < -0.4 is 10.9 Å². The van der Waals surface area contributed by atoms with E-state index in [1.807, 2.05) is 23.6 Å². The van der Waals surface area contributed by atoms with E-state index in [-0.39, 0.29) is 11.6 Å². The highest BCUT2D eigenvalue weighted by atomic mass is 35.5. The molecule has 4 heterocycles. The van der Waals surface area contributed by atoms with Gasteiger partial charge in [0, 0.05) is 18.8 Å². The highest BCUT2D eigenvalue weighted by molar-refractivity contribution is 7.16. The molecule has 31 heavy (non-hydrogen) atoms. The second kappa shape index (κ2) is 8.53. The maximum atomic E-state index is 13.5. The zero-order valence-electron chi connectivity index (χ0n) is 17.2. The number of rotatable bonds is 6. The summed E-state index contributed by atoms with van der Waals surface area (Å²) in [7, 11) is 0. The van der Waals surface area contributed by atoms with Crippen LogP contribution in [0.2, 0.25) is 5.02 Å². The first-order valence-electron chi connectivity index (χ1n) is 10.5. The van der Waals surface area contributed by atoms with Crippen LogP contribution in [0.1, 0.15) is 31.5 Å². The average molecular weight is 455 g/mol. The molecule has 1 fully saturated rings. The zero-order valence-corrected chi connectivity index (χ0v) is 18.8. The Morgan fingerprint density at radius 1 is 1.19 bits per heavy atom. The molecule has 0 saturated carbocycles. The molecule has 160 valence electrons. The third kappa shape index (κ3) is 3.91. The number of nitrogens with one attached hydrogen (secondary N) is 1. The maximum Gasteiger partial charge on any atom is 0.260 e. The monoisotopic (exact) mass is 454 g/mol. The molecule has 0 bridgehead atoms. The summed E-state index contributed by atoms with van der Waals surface area (Å²) in [5.74, 6) is 0.670. The number of hydrogen-bond donors (Lipinski definition) is 1. The predicted octanol–water partition coefficient (Wildman–Crippen LogP) is 4.32. The first kappa shape index (κ1) is 20.4. The molecule has 3 aromatic heterocycles. The van der Waals surface area contributed by atoms with E-state index < -0.39 is 0 Å². The van der Waals surface area contributed by atoms with Gasteiger partial charge < -0.3 is 14.8 Å². The number of hydrogen-bond acceptors (Lipinski definition) is 7. The van der Waals surface area contributed by atoms with Gasteiger partial charge in [0.05, 0.1) is 22.0 Å². The van der Waals surface area contributed by atoms with Gasteiger partial charge in [-0.25, -0.2) is 15.0 Å². The van der Waals surface area contributed by atoms with Crippen molar-refractivity contribution < 1.29 is 0 Å². The molecule has 1 aromatic carbocycles. The smallest absolute Gasteiger partial charge is 0.260 e. The SMILES string of the molecule is CC(Nc1ncnc2scnc12)c1cc2cccc(Cl)c2c(=O)n1CCN1CCCC1. The number of likely N-dealkylation sites (tertiary alicyclic amines) is 1. The Hall–Kier alpha value is -2.55. The number of thiazole rings is 1. The summed E-state index contributed by atoms with van der Waals surface area (Å²) in [6.45, 7) is 5.69. The highest BCUT2D eigenvalue weighted by Crippen LogP contribution is 2.27. The Morgan fingerprint density at radius 2 is 2.03 bits per heavy atom. The molecule has 0 amide bonds. The summed E-state index contributed by atoms with van der Waals surface area (Å²) in [4.78, 5) is 29.8. The van der Waals surface area contributed by atoms with Crippen LogP contribution in [0.3, 0.4) is 0 Å². The fourth-order valence-electron chi connectivity index (χ4n) is 4.29. The number of benzene rings is 1. The summed E-state index contributed by atoms with van der Waals surface area (Å²) in [5, 5.41) is 5.36. The average Bonchev–Trinajstić information content (AvgIpc) is 3.45. The standard InChI is InChI=1S/C22H23ClN6OS/c1-14(27-20-19-21(25-12-24-20)31-13-26-19)17-11-15-5-4-6-16(23)18(15)22(30)29(17)10-9-28-7-2-3-8-28/h4-6,11-14H,2-3,7-10H2,1H3,(H,24,25,27). The molecular formula is C22H23ClN6OS. The van der Waals surface area contributed by atoms with Gasteiger partial charge >= 0.3 is 0 Å². The number of nitrogens with zero attached hydrogens (tertiary/aromatic N) is 5. The van der Waals surface area contributed by atoms with E-state index in [1.165, 1.54) is 30.5 Å². The second-order valence-electron chi connectivity index (χ2n) is 7.87. The third-order valence-electron chi connectivity index (χ3n) is 5.89. The summed E-state index contributed by atoms with van der Waals surface area (Å²) in [5.41, 5.74) is 3.36. The lowest BCUT2D eigenvalue weighted by molar-refractivity contribution is 0.318. The maximum absolute atomic E-state index is 13.5. The van der Waals surface area contributed by atoms with Gasteiger partial charge in [0.25, 0.3) is 5.56 Å². The molecule has 4 aromatic rings. The van der Waals surface area contributed by atoms with E-state index in [2.05, 4.69) is 31.2 Å². The van der Waals surface area contributed by atoms with Gasteiger partial charge in [-0.05, 0) is 50.4 Å². The molecular weight excluding hydrogens is 432 g/mol. The minimum Gasteiger partial charge on any atom is -0.360 e. The van der Waals surface area contributed by atoms with Crippen LogP contribution >= 0.6 is 22.9 Å². The van der Waals surface area contributed by atoms with Crippen LogP contribution in [-0.4, -0.2) is 44.1 Å². The van der Waals surface area contributed by atoms with Crippen LogP contribution in [0, 0.1) is 0 Å². The Labute approximate surface area is 188 Å². The first-order chi connectivity index (χ1) is 15.1. The van der Waals surface area contributed by atoms with Crippen molar-refractivity contribution in [1.29, 1.82) is 0 Å². The largest absolute Gasteiger partial charge is 0.360 e. The molecule has 1 N–H and O–H groups in total.